The molecule has 1 atom stereocenters. The van der Waals surface area contributed by atoms with Gasteiger partial charge in [0.1, 0.15) is 5.75 Å². The number of ether oxygens (including phenoxy) is 1. The summed E-state index contributed by atoms with van der Waals surface area (Å²) in [6, 6.07) is 11.8. The molecule has 0 spiro atoms. The normalized spacial score (nSPS) is 12.5. The zero-order valence-corrected chi connectivity index (χ0v) is 15.9. The van der Waals surface area contributed by atoms with Crippen molar-refractivity contribution in [3.8, 4) is 5.75 Å². The lowest BCUT2D eigenvalue weighted by Crippen LogP contribution is -2.30. The third-order valence-corrected chi connectivity index (χ3v) is 5.03. The van der Waals surface area contributed by atoms with Gasteiger partial charge in [-0.05, 0) is 55.8 Å². The molecule has 0 saturated carbocycles. The number of aryl methyl sites for hydroxylation is 1. The maximum Gasteiger partial charge on any atom is 0.265 e. The molecule has 2 aromatic rings. The summed E-state index contributed by atoms with van der Waals surface area (Å²) in [4.78, 5) is 12.5. The average Bonchev–Trinajstić information content (AvgIpc) is 2.50. The monoisotopic (exact) mass is 411 g/mol. The number of anilines is 1. The van der Waals surface area contributed by atoms with Gasteiger partial charge in [0.15, 0.2) is 15.9 Å². The molecule has 0 saturated heterocycles. The van der Waals surface area contributed by atoms with E-state index in [1.54, 1.807) is 32.0 Å². The van der Waals surface area contributed by atoms with Crippen LogP contribution in [0.5, 0.6) is 5.75 Å². The molecule has 0 bridgehead atoms. The number of hydrogen-bond acceptors (Lipinski definition) is 4. The smallest absolute Gasteiger partial charge is 0.265 e. The Morgan fingerprint density at radius 3 is 2.38 bits per heavy atom. The van der Waals surface area contributed by atoms with Crippen LogP contribution in [0.4, 0.5) is 5.69 Å². The van der Waals surface area contributed by atoms with Crippen LogP contribution in [0.1, 0.15) is 12.5 Å². The fraction of sp³-hybridized carbons (Fsp3) is 0.235. The predicted octanol–water partition coefficient (Wildman–Crippen LogP) is 3.57. The Morgan fingerprint density at radius 1 is 1.17 bits per heavy atom. The van der Waals surface area contributed by atoms with Crippen molar-refractivity contribution in [2.75, 3.05) is 11.6 Å². The highest BCUT2D eigenvalue weighted by atomic mass is 79.9. The van der Waals surface area contributed by atoms with Crippen molar-refractivity contribution in [1.29, 1.82) is 0 Å². The molecule has 1 N–H and O–H groups in total. The van der Waals surface area contributed by atoms with E-state index in [2.05, 4.69) is 21.2 Å². The first-order chi connectivity index (χ1) is 11.2. The minimum Gasteiger partial charge on any atom is -0.481 e. The van der Waals surface area contributed by atoms with Gasteiger partial charge >= 0.3 is 0 Å². The summed E-state index contributed by atoms with van der Waals surface area (Å²) in [5.41, 5.74) is 1.22. The van der Waals surface area contributed by atoms with Gasteiger partial charge in [0.2, 0.25) is 0 Å². The summed E-state index contributed by atoms with van der Waals surface area (Å²) in [6.07, 6.45) is 0.398. The Bertz CT molecular complexity index is 847. The highest BCUT2D eigenvalue weighted by molar-refractivity contribution is 9.10. The molecular formula is C17H18BrNO4S. The number of carbonyl (C=O) groups excluding carboxylic acids is 1. The Kier molecular flexibility index (Phi) is 5.66. The van der Waals surface area contributed by atoms with E-state index >= 15 is 0 Å². The number of hydrogen-bond donors (Lipinski definition) is 1. The molecule has 1 unspecified atom stereocenters. The molecule has 2 rings (SSSR count). The van der Waals surface area contributed by atoms with Crippen LogP contribution in [-0.4, -0.2) is 26.7 Å². The second-order valence-electron chi connectivity index (χ2n) is 5.45. The van der Waals surface area contributed by atoms with Crippen LogP contribution in [-0.2, 0) is 14.6 Å². The van der Waals surface area contributed by atoms with Crippen molar-refractivity contribution in [3.63, 3.8) is 0 Å². The molecule has 0 aliphatic carbocycles. The fourth-order valence-corrected chi connectivity index (χ4v) is 2.88. The molecule has 1 amide bonds. The Hall–Kier alpha value is -1.86. The van der Waals surface area contributed by atoms with Gasteiger partial charge in [-0.3, -0.25) is 4.79 Å². The van der Waals surface area contributed by atoms with Gasteiger partial charge in [-0.15, -0.1) is 0 Å². The van der Waals surface area contributed by atoms with Crippen LogP contribution in [0.25, 0.3) is 0 Å². The number of sulfone groups is 1. The lowest BCUT2D eigenvalue weighted by atomic mass is 10.2. The Morgan fingerprint density at radius 2 is 1.79 bits per heavy atom. The van der Waals surface area contributed by atoms with E-state index in [-0.39, 0.29) is 10.8 Å². The summed E-state index contributed by atoms with van der Waals surface area (Å²) in [6.45, 7) is 3.43. The third-order valence-electron chi connectivity index (χ3n) is 3.39. The van der Waals surface area contributed by atoms with Crippen LogP contribution in [0.2, 0.25) is 0 Å². The second kappa shape index (κ2) is 7.36. The zero-order valence-electron chi connectivity index (χ0n) is 13.5. The molecule has 0 radical (unpaired) electrons. The summed E-state index contributed by atoms with van der Waals surface area (Å²) < 4.78 is 29.8. The number of amides is 1. The zero-order chi connectivity index (χ0) is 17.9. The van der Waals surface area contributed by atoms with Crippen molar-refractivity contribution >= 4 is 37.4 Å². The van der Waals surface area contributed by atoms with Crippen LogP contribution >= 0.6 is 15.9 Å². The number of nitrogens with one attached hydrogen (secondary N) is 1. The number of carbonyl (C=O) groups is 1. The van der Waals surface area contributed by atoms with Gasteiger partial charge in [0, 0.05) is 16.4 Å². The lowest BCUT2D eigenvalue weighted by Gasteiger charge is -2.16. The van der Waals surface area contributed by atoms with Gasteiger partial charge < -0.3 is 10.1 Å². The first-order valence-electron chi connectivity index (χ1n) is 7.20. The van der Waals surface area contributed by atoms with Gasteiger partial charge in [-0.2, -0.15) is 0 Å². The summed E-state index contributed by atoms with van der Waals surface area (Å²) in [5, 5.41) is 2.72. The van der Waals surface area contributed by atoms with Crippen LogP contribution < -0.4 is 10.1 Å². The molecule has 2 aromatic carbocycles. The van der Waals surface area contributed by atoms with Crippen LogP contribution in [0.3, 0.4) is 0 Å². The SMILES string of the molecule is Cc1ccc(S(C)(=O)=O)cc1NC(=O)C(C)Oc1ccc(Br)cc1. The maximum absolute atomic E-state index is 12.3. The van der Waals surface area contributed by atoms with Gasteiger partial charge in [0.25, 0.3) is 5.91 Å². The fourth-order valence-electron chi connectivity index (χ4n) is 1.97. The summed E-state index contributed by atoms with van der Waals surface area (Å²) in [5.74, 6) is 0.217. The summed E-state index contributed by atoms with van der Waals surface area (Å²) >= 11 is 3.33. The number of rotatable bonds is 5. The number of halogens is 1. The molecule has 5 nitrogen and oxygen atoms in total. The van der Waals surface area contributed by atoms with E-state index in [1.165, 1.54) is 12.1 Å². The largest absolute Gasteiger partial charge is 0.481 e. The molecule has 24 heavy (non-hydrogen) atoms. The van der Waals surface area contributed by atoms with E-state index < -0.39 is 15.9 Å². The van der Waals surface area contributed by atoms with Crippen molar-refractivity contribution in [1.82, 2.24) is 0 Å². The van der Waals surface area contributed by atoms with E-state index in [9.17, 15) is 13.2 Å². The van der Waals surface area contributed by atoms with Gasteiger partial charge in [0.05, 0.1) is 4.90 Å². The third kappa shape index (κ3) is 4.82. The molecule has 7 heteroatoms. The highest BCUT2D eigenvalue weighted by Crippen LogP contribution is 2.21. The molecule has 0 aliphatic heterocycles. The van der Waals surface area contributed by atoms with E-state index in [1.807, 2.05) is 12.1 Å². The Labute approximate surface area is 150 Å². The molecule has 128 valence electrons. The lowest BCUT2D eigenvalue weighted by molar-refractivity contribution is -0.122. The molecule has 0 aliphatic rings. The molecule has 0 fully saturated rings. The van der Waals surface area contributed by atoms with Crippen molar-refractivity contribution in [2.45, 2.75) is 24.8 Å². The minimum absolute atomic E-state index is 0.157. The Balaban J connectivity index is 2.12. The van der Waals surface area contributed by atoms with E-state index in [0.29, 0.717) is 11.4 Å². The van der Waals surface area contributed by atoms with Gasteiger partial charge in [-0.1, -0.05) is 22.0 Å². The maximum atomic E-state index is 12.3. The van der Waals surface area contributed by atoms with Crippen LogP contribution in [0.15, 0.2) is 51.8 Å². The van der Waals surface area contributed by atoms with Crippen molar-refractivity contribution < 1.29 is 17.9 Å². The quantitative estimate of drug-likeness (QED) is 0.815. The standard InChI is InChI=1S/C17H18BrNO4S/c1-11-4-9-15(24(3,21)22)10-16(11)19-17(20)12(2)23-14-7-5-13(18)6-8-14/h4-10,12H,1-3H3,(H,19,20). The first-order valence-corrected chi connectivity index (χ1v) is 9.89. The number of benzene rings is 2. The van der Waals surface area contributed by atoms with Gasteiger partial charge in [-0.25, -0.2) is 8.42 Å². The van der Waals surface area contributed by atoms with Crippen molar-refractivity contribution in [3.05, 3.63) is 52.5 Å². The van der Waals surface area contributed by atoms with E-state index in [0.717, 1.165) is 16.3 Å². The van der Waals surface area contributed by atoms with Crippen molar-refractivity contribution in [2.24, 2.45) is 0 Å². The average molecular weight is 412 g/mol. The minimum atomic E-state index is -3.34. The molecule has 0 heterocycles. The second-order valence-corrected chi connectivity index (χ2v) is 8.38. The van der Waals surface area contributed by atoms with E-state index in [4.69, 9.17) is 4.74 Å². The topological polar surface area (TPSA) is 72.5 Å². The molecular weight excluding hydrogens is 394 g/mol. The predicted molar refractivity (Wildman–Crippen MR) is 97.2 cm³/mol. The first kappa shape index (κ1) is 18.5. The highest BCUT2D eigenvalue weighted by Gasteiger charge is 2.17. The van der Waals surface area contributed by atoms with Crippen LogP contribution in [0, 0.1) is 6.92 Å². The molecule has 0 aromatic heterocycles. The summed E-state index contributed by atoms with van der Waals surface area (Å²) in [7, 11) is -3.34.